The van der Waals surface area contributed by atoms with E-state index in [0.717, 1.165) is 12.2 Å². The molecule has 1 aromatic heterocycles. The lowest BCUT2D eigenvalue weighted by Crippen LogP contribution is -2.48. The van der Waals surface area contributed by atoms with E-state index in [1.165, 1.54) is 19.2 Å². The Morgan fingerprint density at radius 3 is 3.00 bits per heavy atom. The fourth-order valence-electron chi connectivity index (χ4n) is 2.20. The largest absolute Gasteiger partial charge is 0.480 e. The number of aromatic amines is 1. The highest BCUT2D eigenvalue weighted by molar-refractivity contribution is 7.99. The van der Waals surface area contributed by atoms with Crippen molar-refractivity contribution in [2.45, 2.75) is 37.0 Å². The summed E-state index contributed by atoms with van der Waals surface area (Å²) in [6, 6.07) is -1.41. The summed E-state index contributed by atoms with van der Waals surface area (Å²) in [6.07, 6.45) is 6.74. The summed E-state index contributed by atoms with van der Waals surface area (Å²) >= 11 is 1.86. The minimum atomic E-state index is -1.06. The van der Waals surface area contributed by atoms with Gasteiger partial charge >= 0.3 is 12.0 Å². The molecular formula is C13H20N4O3S. The number of thioether (sulfide) groups is 1. The first-order valence-electron chi connectivity index (χ1n) is 7.01. The van der Waals surface area contributed by atoms with Crippen LogP contribution in [0.15, 0.2) is 12.5 Å². The summed E-state index contributed by atoms with van der Waals surface area (Å²) in [6.45, 7) is 0.576. The van der Waals surface area contributed by atoms with Gasteiger partial charge in [0.2, 0.25) is 0 Å². The van der Waals surface area contributed by atoms with Crippen LogP contribution in [0, 0.1) is 0 Å². The lowest BCUT2D eigenvalue weighted by Gasteiger charge is -2.22. The molecule has 0 bridgehead atoms. The van der Waals surface area contributed by atoms with Crippen molar-refractivity contribution >= 4 is 23.8 Å². The maximum absolute atomic E-state index is 11.8. The molecule has 1 fully saturated rings. The van der Waals surface area contributed by atoms with Crippen molar-refractivity contribution in [3.05, 3.63) is 18.2 Å². The molecule has 1 aliphatic rings. The van der Waals surface area contributed by atoms with E-state index in [4.69, 9.17) is 5.11 Å². The van der Waals surface area contributed by atoms with Crippen LogP contribution < -0.4 is 10.6 Å². The Morgan fingerprint density at radius 1 is 1.52 bits per heavy atom. The number of amides is 2. The molecule has 1 aromatic rings. The summed E-state index contributed by atoms with van der Waals surface area (Å²) < 4.78 is 0. The van der Waals surface area contributed by atoms with Crippen molar-refractivity contribution in [3.63, 3.8) is 0 Å². The topological polar surface area (TPSA) is 107 Å². The van der Waals surface area contributed by atoms with E-state index in [1.54, 1.807) is 6.20 Å². The van der Waals surface area contributed by atoms with Gasteiger partial charge in [-0.15, -0.1) is 0 Å². The lowest BCUT2D eigenvalue weighted by molar-refractivity contribution is -0.139. The van der Waals surface area contributed by atoms with Crippen LogP contribution in [-0.4, -0.2) is 50.7 Å². The second-order valence-corrected chi connectivity index (χ2v) is 6.42. The van der Waals surface area contributed by atoms with Crippen LogP contribution in [0.25, 0.3) is 0 Å². The monoisotopic (exact) mass is 312 g/mol. The second kappa shape index (κ2) is 7.92. The van der Waals surface area contributed by atoms with E-state index in [-0.39, 0.29) is 6.42 Å². The van der Waals surface area contributed by atoms with Gasteiger partial charge in [-0.05, 0) is 18.6 Å². The van der Waals surface area contributed by atoms with Crippen LogP contribution in [0.3, 0.4) is 0 Å². The van der Waals surface area contributed by atoms with E-state index >= 15 is 0 Å². The molecule has 2 atom stereocenters. The third-order valence-corrected chi connectivity index (χ3v) is 4.74. The molecule has 116 valence electrons. The van der Waals surface area contributed by atoms with E-state index in [9.17, 15) is 9.59 Å². The van der Waals surface area contributed by atoms with Gasteiger partial charge < -0.3 is 20.7 Å². The van der Waals surface area contributed by atoms with Crippen molar-refractivity contribution < 1.29 is 14.7 Å². The Hall–Kier alpha value is -1.70. The molecule has 0 spiro atoms. The molecule has 1 aliphatic heterocycles. The molecule has 2 heterocycles. The summed E-state index contributed by atoms with van der Waals surface area (Å²) in [7, 11) is 0. The SMILES string of the molecule is O=C(NCC1CCCCS1)NC(Cc1cnc[nH]1)C(=O)O. The Morgan fingerprint density at radius 2 is 2.38 bits per heavy atom. The number of carboxylic acids is 1. The molecule has 0 radical (unpaired) electrons. The van der Waals surface area contributed by atoms with Gasteiger partial charge in [0.05, 0.1) is 6.33 Å². The van der Waals surface area contributed by atoms with Crippen LogP contribution in [0.2, 0.25) is 0 Å². The number of imidazole rings is 1. The molecule has 21 heavy (non-hydrogen) atoms. The van der Waals surface area contributed by atoms with Gasteiger partial charge in [0.15, 0.2) is 0 Å². The van der Waals surface area contributed by atoms with E-state index < -0.39 is 18.0 Å². The zero-order valence-corrected chi connectivity index (χ0v) is 12.5. The van der Waals surface area contributed by atoms with Crippen molar-refractivity contribution in [1.82, 2.24) is 20.6 Å². The average Bonchev–Trinajstić information content (AvgIpc) is 2.98. The Balaban J connectivity index is 1.76. The predicted octanol–water partition coefficient (Wildman–Crippen LogP) is 0.990. The first-order valence-corrected chi connectivity index (χ1v) is 8.06. The van der Waals surface area contributed by atoms with Crippen LogP contribution in [0.5, 0.6) is 0 Å². The number of H-pyrrole nitrogens is 1. The smallest absolute Gasteiger partial charge is 0.326 e. The minimum Gasteiger partial charge on any atom is -0.480 e. The molecule has 1 saturated heterocycles. The van der Waals surface area contributed by atoms with Gasteiger partial charge in [0.25, 0.3) is 0 Å². The quantitative estimate of drug-likeness (QED) is 0.626. The first-order chi connectivity index (χ1) is 10.1. The molecular weight excluding hydrogens is 292 g/mol. The fraction of sp³-hybridized carbons (Fsp3) is 0.615. The normalized spacial score (nSPS) is 19.7. The number of aliphatic carboxylic acids is 1. The molecule has 2 amide bonds. The molecule has 2 rings (SSSR count). The number of hydrogen-bond acceptors (Lipinski definition) is 4. The fourth-order valence-corrected chi connectivity index (χ4v) is 3.44. The van der Waals surface area contributed by atoms with Gasteiger partial charge in [0, 0.05) is 30.1 Å². The highest BCUT2D eigenvalue weighted by atomic mass is 32.2. The number of carboxylic acid groups (broad SMARTS) is 1. The number of aromatic nitrogens is 2. The summed E-state index contributed by atoms with van der Waals surface area (Å²) in [5.41, 5.74) is 0.672. The molecule has 0 saturated carbocycles. The standard InChI is InChI=1S/C13H20N4O3S/c18-12(19)11(5-9-6-14-8-16-9)17-13(20)15-7-10-3-1-2-4-21-10/h6,8,10-11H,1-5,7H2,(H,14,16)(H,18,19)(H2,15,17,20). The maximum Gasteiger partial charge on any atom is 0.326 e. The molecule has 2 unspecified atom stereocenters. The molecule has 8 heteroatoms. The highest BCUT2D eigenvalue weighted by Gasteiger charge is 2.22. The van der Waals surface area contributed by atoms with Gasteiger partial charge in [0.1, 0.15) is 6.04 Å². The number of nitrogens with one attached hydrogen (secondary N) is 3. The molecule has 4 N–H and O–H groups in total. The van der Waals surface area contributed by atoms with Crippen molar-refractivity contribution in [3.8, 4) is 0 Å². The molecule has 0 aromatic carbocycles. The van der Waals surface area contributed by atoms with Crippen LogP contribution in [-0.2, 0) is 11.2 Å². The van der Waals surface area contributed by atoms with Crippen molar-refractivity contribution in [1.29, 1.82) is 0 Å². The van der Waals surface area contributed by atoms with Gasteiger partial charge in [-0.2, -0.15) is 11.8 Å². The number of carbonyl (C=O) groups excluding carboxylic acids is 1. The Kier molecular flexibility index (Phi) is 5.91. The lowest BCUT2D eigenvalue weighted by atomic mass is 10.1. The zero-order valence-electron chi connectivity index (χ0n) is 11.7. The third kappa shape index (κ3) is 5.30. The van der Waals surface area contributed by atoms with Crippen LogP contribution >= 0.6 is 11.8 Å². The number of hydrogen-bond donors (Lipinski definition) is 4. The summed E-state index contributed by atoms with van der Waals surface area (Å²) in [4.78, 5) is 29.7. The highest BCUT2D eigenvalue weighted by Crippen LogP contribution is 2.24. The van der Waals surface area contributed by atoms with Gasteiger partial charge in [-0.25, -0.2) is 14.6 Å². The third-order valence-electron chi connectivity index (χ3n) is 3.35. The van der Waals surface area contributed by atoms with Gasteiger partial charge in [-0.1, -0.05) is 6.42 Å². The summed E-state index contributed by atoms with van der Waals surface area (Å²) in [5.74, 6) is 0.0673. The first kappa shape index (κ1) is 15.7. The average molecular weight is 312 g/mol. The maximum atomic E-state index is 11.8. The predicted molar refractivity (Wildman–Crippen MR) is 80.3 cm³/mol. The van der Waals surface area contributed by atoms with E-state index in [0.29, 0.717) is 17.5 Å². The number of carbonyl (C=O) groups is 2. The Labute approximate surface area is 127 Å². The van der Waals surface area contributed by atoms with Gasteiger partial charge in [-0.3, -0.25) is 0 Å². The number of rotatable bonds is 6. The van der Waals surface area contributed by atoms with Crippen LogP contribution in [0.4, 0.5) is 4.79 Å². The van der Waals surface area contributed by atoms with Crippen LogP contribution in [0.1, 0.15) is 25.0 Å². The van der Waals surface area contributed by atoms with E-state index in [1.807, 2.05) is 11.8 Å². The van der Waals surface area contributed by atoms with Crippen molar-refractivity contribution in [2.24, 2.45) is 0 Å². The molecule has 7 nitrogen and oxygen atoms in total. The van der Waals surface area contributed by atoms with Crippen molar-refractivity contribution in [2.75, 3.05) is 12.3 Å². The second-order valence-electron chi connectivity index (χ2n) is 5.01. The number of nitrogens with zero attached hydrogens (tertiary/aromatic N) is 1. The minimum absolute atomic E-state index is 0.181. The Bertz CT molecular complexity index is 460. The van der Waals surface area contributed by atoms with E-state index in [2.05, 4.69) is 20.6 Å². The summed E-state index contributed by atoms with van der Waals surface area (Å²) in [5, 5.41) is 14.8. The number of urea groups is 1. The zero-order chi connectivity index (χ0) is 15.1. The molecule has 0 aliphatic carbocycles.